The molecule has 1 aromatic rings. The summed E-state index contributed by atoms with van der Waals surface area (Å²) >= 11 is 0. The van der Waals surface area contributed by atoms with E-state index in [2.05, 4.69) is 15.6 Å². The van der Waals surface area contributed by atoms with Crippen LogP contribution < -0.4 is 16.4 Å². The molecule has 8 nitrogen and oxygen atoms in total. The minimum absolute atomic E-state index is 0.0142. The highest BCUT2D eigenvalue weighted by atomic mass is 16.2. The minimum Gasteiger partial charge on any atom is -0.397 e. The van der Waals surface area contributed by atoms with Crippen LogP contribution in [0, 0.1) is 5.92 Å². The molecule has 2 heterocycles. The van der Waals surface area contributed by atoms with Crippen molar-refractivity contribution in [3.05, 3.63) is 24.0 Å². The molecule has 8 heteroatoms. The largest absolute Gasteiger partial charge is 0.397 e. The van der Waals surface area contributed by atoms with Crippen molar-refractivity contribution in [3.8, 4) is 0 Å². The predicted octanol–water partition coefficient (Wildman–Crippen LogP) is 0.158. The molecular formula is C17H25N5O3. The lowest BCUT2D eigenvalue weighted by molar-refractivity contribution is -0.135. The number of nitrogen functional groups attached to an aromatic ring is 1. The van der Waals surface area contributed by atoms with Crippen molar-refractivity contribution in [1.29, 1.82) is 0 Å². The quantitative estimate of drug-likeness (QED) is 0.677. The summed E-state index contributed by atoms with van der Waals surface area (Å²) in [4.78, 5) is 41.3. The summed E-state index contributed by atoms with van der Waals surface area (Å²) in [6.07, 6.45) is 5.23. The molecule has 0 saturated carbocycles. The standard InChI is InChI=1S/C17H25N5O3/c1-19-15(23)4-5-16(24)22-6-2-3-12(11-22)8-21-17(25)13-7-14(18)10-20-9-13/h7,9-10,12H,2-6,8,11,18H2,1H3,(H,19,23)(H,21,25). The fourth-order valence-corrected chi connectivity index (χ4v) is 2.88. The van der Waals surface area contributed by atoms with Crippen LogP contribution in [0.15, 0.2) is 18.5 Å². The van der Waals surface area contributed by atoms with E-state index in [0.717, 1.165) is 12.8 Å². The smallest absolute Gasteiger partial charge is 0.252 e. The molecule has 1 fully saturated rings. The highest BCUT2D eigenvalue weighted by Gasteiger charge is 2.24. The third-order valence-corrected chi connectivity index (χ3v) is 4.29. The van der Waals surface area contributed by atoms with Gasteiger partial charge in [-0.25, -0.2) is 0 Å². The van der Waals surface area contributed by atoms with Crippen LogP contribution in [0.4, 0.5) is 5.69 Å². The van der Waals surface area contributed by atoms with E-state index in [-0.39, 0.29) is 36.5 Å². The zero-order valence-electron chi connectivity index (χ0n) is 14.5. The number of likely N-dealkylation sites (tertiary alicyclic amines) is 1. The molecule has 2 rings (SSSR count). The van der Waals surface area contributed by atoms with Gasteiger partial charge in [0.1, 0.15) is 0 Å². The molecule has 0 aliphatic carbocycles. The molecule has 0 bridgehead atoms. The Morgan fingerprint density at radius 3 is 2.84 bits per heavy atom. The number of rotatable bonds is 6. The number of carbonyl (C=O) groups excluding carboxylic acids is 3. The number of nitrogens with one attached hydrogen (secondary N) is 2. The number of hydrogen-bond acceptors (Lipinski definition) is 5. The molecule has 1 aromatic heterocycles. The zero-order chi connectivity index (χ0) is 18.2. The van der Waals surface area contributed by atoms with Gasteiger partial charge in [-0.15, -0.1) is 0 Å². The first-order valence-electron chi connectivity index (χ1n) is 8.46. The maximum atomic E-state index is 12.2. The number of aromatic nitrogens is 1. The Balaban J connectivity index is 1.80. The van der Waals surface area contributed by atoms with Crippen molar-refractivity contribution in [3.63, 3.8) is 0 Å². The molecule has 1 aliphatic rings. The first-order chi connectivity index (χ1) is 12.0. The monoisotopic (exact) mass is 347 g/mol. The maximum absolute atomic E-state index is 12.2. The SMILES string of the molecule is CNC(=O)CCC(=O)N1CCCC(CNC(=O)c2cncc(N)c2)C1. The molecular weight excluding hydrogens is 322 g/mol. The molecule has 136 valence electrons. The van der Waals surface area contributed by atoms with Crippen molar-refractivity contribution < 1.29 is 14.4 Å². The van der Waals surface area contributed by atoms with Crippen molar-refractivity contribution >= 4 is 23.4 Å². The van der Waals surface area contributed by atoms with E-state index >= 15 is 0 Å². The Hall–Kier alpha value is -2.64. The van der Waals surface area contributed by atoms with Gasteiger partial charge >= 0.3 is 0 Å². The van der Waals surface area contributed by atoms with Crippen LogP contribution in [-0.2, 0) is 9.59 Å². The highest BCUT2D eigenvalue weighted by Crippen LogP contribution is 2.17. The second-order valence-electron chi connectivity index (χ2n) is 6.24. The molecule has 25 heavy (non-hydrogen) atoms. The minimum atomic E-state index is -0.220. The zero-order valence-corrected chi connectivity index (χ0v) is 14.5. The normalized spacial score (nSPS) is 17.0. The van der Waals surface area contributed by atoms with E-state index in [4.69, 9.17) is 5.73 Å². The second kappa shape index (κ2) is 9.00. The summed E-state index contributed by atoms with van der Waals surface area (Å²) in [5.74, 6) is -0.164. The van der Waals surface area contributed by atoms with Crippen LogP contribution >= 0.6 is 0 Å². The predicted molar refractivity (Wildman–Crippen MR) is 93.6 cm³/mol. The van der Waals surface area contributed by atoms with Crippen molar-refractivity contribution in [2.75, 3.05) is 32.4 Å². The molecule has 0 aromatic carbocycles. The number of pyridine rings is 1. The van der Waals surface area contributed by atoms with Gasteiger partial charge in [0.25, 0.3) is 5.91 Å². The number of nitrogens with two attached hydrogens (primary N) is 1. The van der Waals surface area contributed by atoms with E-state index < -0.39 is 0 Å². The van der Waals surface area contributed by atoms with Crippen LogP contribution in [-0.4, -0.2) is 54.3 Å². The van der Waals surface area contributed by atoms with Crippen LogP contribution in [0.5, 0.6) is 0 Å². The van der Waals surface area contributed by atoms with Gasteiger partial charge < -0.3 is 21.3 Å². The molecule has 1 unspecified atom stereocenters. The molecule has 0 radical (unpaired) electrons. The van der Waals surface area contributed by atoms with Gasteiger partial charge in [-0.3, -0.25) is 19.4 Å². The Bertz CT molecular complexity index is 634. The molecule has 1 atom stereocenters. The first kappa shape index (κ1) is 18.7. The molecule has 3 amide bonds. The third-order valence-electron chi connectivity index (χ3n) is 4.29. The Morgan fingerprint density at radius 2 is 2.12 bits per heavy atom. The number of amides is 3. The summed E-state index contributed by atoms with van der Waals surface area (Å²) in [6, 6.07) is 1.58. The summed E-state index contributed by atoms with van der Waals surface area (Å²) in [5.41, 5.74) is 6.50. The fourth-order valence-electron chi connectivity index (χ4n) is 2.88. The number of hydrogen-bond donors (Lipinski definition) is 3. The van der Waals surface area contributed by atoms with E-state index in [1.165, 1.54) is 12.4 Å². The summed E-state index contributed by atoms with van der Waals surface area (Å²) in [5, 5.41) is 5.39. The average Bonchev–Trinajstić information content (AvgIpc) is 2.64. The van der Waals surface area contributed by atoms with Gasteiger partial charge in [-0.05, 0) is 24.8 Å². The van der Waals surface area contributed by atoms with Crippen molar-refractivity contribution in [1.82, 2.24) is 20.5 Å². The number of nitrogens with zero attached hydrogens (tertiary/aromatic N) is 2. The van der Waals surface area contributed by atoms with E-state index in [1.54, 1.807) is 18.0 Å². The third kappa shape index (κ3) is 5.74. The Kier molecular flexibility index (Phi) is 6.73. The van der Waals surface area contributed by atoms with Crippen LogP contribution in [0.25, 0.3) is 0 Å². The molecule has 0 spiro atoms. The van der Waals surface area contributed by atoms with Gasteiger partial charge in [0.05, 0.1) is 11.3 Å². The van der Waals surface area contributed by atoms with Gasteiger partial charge in [-0.1, -0.05) is 0 Å². The van der Waals surface area contributed by atoms with E-state index in [0.29, 0.717) is 30.9 Å². The van der Waals surface area contributed by atoms with Crippen molar-refractivity contribution in [2.24, 2.45) is 5.92 Å². The topological polar surface area (TPSA) is 117 Å². The van der Waals surface area contributed by atoms with E-state index in [9.17, 15) is 14.4 Å². The lowest BCUT2D eigenvalue weighted by atomic mass is 9.97. The number of anilines is 1. The van der Waals surface area contributed by atoms with E-state index in [1.807, 2.05) is 0 Å². The highest BCUT2D eigenvalue weighted by molar-refractivity contribution is 5.94. The lowest BCUT2D eigenvalue weighted by Crippen LogP contribution is -2.44. The van der Waals surface area contributed by atoms with Crippen LogP contribution in [0.1, 0.15) is 36.0 Å². The van der Waals surface area contributed by atoms with Crippen LogP contribution in [0.2, 0.25) is 0 Å². The summed E-state index contributed by atoms with van der Waals surface area (Å²) < 4.78 is 0. The van der Waals surface area contributed by atoms with Gasteiger partial charge in [0.2, 0.25) is 11.8 Å². The maximum Gasteiger partial charge on any atom is 0.252 e. The fraction of sp³-hybridized carbons (Fsp3) is 0.529. The Morgan fingerprint density at radius 1 is 1.32 bits per heavy atom. The van der Waals surface area contributed by atoms with Gasteiger partial charge in [0, 0.05) is 51.9 Å². The molecule has 1 saturated heterocycles. The van der Waals surface area contributed by atoms with Crippen molar-refractivity contribution in [2.45, 2.75) is 25.7 Å². The number of piperidine rings is 1. The molecule has 4 N–H and O–H groups in total. The van der Waals surface area contributed by atoms with Gasteiger partial charge in [-0.2, -0.15) is 0 Å². The summed E-state index contributed by atoms with van der Waals surface area (Å²) in [7, 11) is 1.56. The first-order valence-corrected chi connectivity index (χ1v) is 8.46. The molecule has 1 aliphatic heterocycles. The van der Waals surface area contributed by atoms with Crippen LogP contribution in [0.3, 0.4) is 0 Å². The summed E-state index contributed by atoms with van der Waals surface area (Å²) in [6.45, 7) is 1.80. The van der Waals surface area contributed by atoms with Gasteiger partial charge in [0.15, 0.2) is 0 Å². The Labute approximate surface area is 147 Å². The number of carbonyl (C=O) groups is 3. The lowest BCUT2D eigenvalue weighted by Gasteiger charge is -2.33. The average molecular weight is 347 g/mol. The second-order valence-corrected chi connectivity index (χ2v) is 6.24.